The Bertz CT molecular complexity index is 1800. The first-order valence-corrected chi connectivity index (χ1v) is 16.5. The lowest BCUT2D eigenvalue weighted by Gasteiger charge is -2.30. The second-order valence-electron chi connectivity index (χ2n) is 12.8. The molecule has 50 heavy (non-hydrogen) atoms. The fourth-order valence-corrected chi connectivity index (χ4v) is 6.46. The molecule has 1 fully saturated rings. The summed E-state index contributed by atoms with van der Waals surface area (Å²) in [6, 6.07) is 8.24. The van der Waals surface area contributed by atoms with Crippen LogP contribution in [0.15, 0.2) is 59.7 Å². The molecule has 0 spiro atoms. The number of aromatic nitrogens is 1. The Morgan fingerprint density at radius 2 is 1.64 bits per heavy atom. The number of aliphatic imine (C=N–C) groups is 1. The number of H-pyrrole nitrogens is 1. The number of aromatic hydroxyl groups is 1. The second-order valence-corrected chi connectivity index (χ2v) is 12.8. The van der Waals surface area contributed by atoms with Crippen LogP contribution in [0.5, 0.6) is 5.75 Å². The van der Waals surface area contributed by atoms with Crippen molar-refractivity contribution in [1.82, 2.24) is 25.8 Å². The fraction of sp³-hybridized carbons (Fsp3) is 0.400. The summed E-state index contributed by atoms with van der Waals surface area (Å²) in [4.78, 5) is 87.6. The highest BCUT2D eigenvalue weighted by molar-refractivity contribution is 5.99. The van der Waals surface area contributed by atoms with Crippen molar-refractivity contribution in [2.75, 3.05) is 6.54 Å². The van der Waals surface area contributed by atoms with Crippen LogP contribution >= 0.6 is 0 Å². The molecule has 5 rings (SSSR count). The highest BCUT2D eigenvalue weighted by Crippen LogP contribution is 2.23. The zero-order chi connectivity index (χ0) is 35.9. The van der Waals surface area contributed by atoms with Gasteiger partial charge >= 0.3 is 0 Å². The van der Waals surface area contributed by atoms with Crippen LogP contribution in [0.2, 0.25) is 0 Å². The number of phenols is 1. The fourth-order valence-electron chi connectivity index (χ4n) is 6.46. The van der Waals surface area contributed by atoms with Gasteiger partial charge in [-0.15, -0.1) is 0 Å². The van der Waals surface area contributed by atoms with E-state index in [1.165, 1.54) is 17.0 Å². The number of nitrogens with one attached hydrogen (secondary N) is 4. The van der Waals surface area contributed by atoms with Gasteiger partial charge < -0.3 is 42.4 Å². The number of primary amides is 2. The first kappa shape index (κ1) is 35.6. The third-order valence-electron chi connectivity index (χ3n) is 9.08. The van der Waals surface area contributed by atoms with E-state index in [9.17, 15) is 33.9 Å². The second kappa shape index (κ2) is 15.7. The van der Waals surface area contributed by atoms with E-state index in [1.54, 1.807) is 18.3 Å². The summed E-state index contributed by atoms with van der Waals surface area (Å²) >= 11 is 0. The molecule has 15 nitrogen and oxygen atoms in total. The number of carbonyl (C=O) groups excluding carboxylic acids is 6. The van der Waals surface area contributed by atoms with Crippen molar-refractivity contribution in [3.63, 3.8) is 0 Å². The zero-order valence-corrected chi connectivity index (χ0v) is 27.7. The van der Waals surface area contributed by atoms with Crippen molar-refractivity contribution in [2.45, 2.75) is 82.1 Å². The van der Waals surface area contributed by atoms with Crippen LogP contribution in [-0.2, 0) is 41.6 Å². The van der Waals surface area contributed by atoms with Gasteiger partial charge in [-0.1, -0.05) is 30.3 Å². The summed E-state index contributed by atoms with van der Waals surface area (Å²) in [5.41, 5.74) is 14.1. The number of rotatable bonds is 14. The summed E-state index contributed by atoms with van der Waals surface area (Å²) < 4.78 is 0. The molecular weight excluding hydrogens is 644 g/mol. The average molecular weight is 687 g/mol. The van der Waals surface area contributed by atoms with Gasteiger partial charge in [-0.3, -0.25) is 33.8 Å². The molecule has 264 valence electrons. The van der Waals surface area contributed by atoms with E-state index >= 15 is 0 Å². The van der Waals surface area contributed by atoms with E-state index < -0.39 is 72.1 Å². The zero-order valence-electron chi connectivity index (χ0n) is 27.7. The Hall–Kier alpha value is -5.73. The molecule has 0 radical (unpaired) electrons. The van der Waals surface area contributed by atoms with Crippen LogP contribution in [0.4, 0.5) is 0 Å². The summed E-state index contributed by atoms with van der Waals surface area (Å²) in [7, 11) is 0. The molecule has 0 aliphatic carbocycles. The lowest BCUT2D eigenvalue weighted by molar-refractivity contribution is -0.143. The molecule has 15 heteroatoms. The Labute approximate surface area is 288 Å². The Morgan fingerprint density at radius 1 is 0.920 bits per heavy atom. The van der Waals surface area contributed by atoms with Crippen LogP contribution < -0.4 is 27.4 Å². The number of phenolic OH excluding ortho intramolecular Hbond substituents is 1. The van der Waals surface area contributed by atoms with E-state index in [2.05, 4.69) is 25.9 Å². The molecule has 2 aliphatic heterocycles. The van der Waals surface area contributed by atoms with Crippen LogP contribution in [0.25, 0.3) is 10.9 Å². The topological polar surface area (TPSA) is 242 Å². The van der Waals surface area contributed by atoms with Gasteiger partial charge in [0.15, 0.2) is 0 Å². The highest BCUT2D eigenvalue weighted by atomic mass is 16.3. The molecule has 0 saturated carbocycles. The summed E-state index contributed by atoms with van der Waals surface area (Å²) in [5.74, 6) is -4.00. The molecule has 3 heterocycles. The molecule has 6 amide bonds. The standard InChI is InChI=1S/C35H42N8O7/c1-19-8-13-25(39-19)32(47)42-28(17-30(36)45)35(50)43-14-4-7-29(43)34(49)41-27(16-21-18-38-24-6-3-2-5-23(21)24)33(48)40-26(31(37)46)15-20-9-11-22(44)12-10-20/h2-3,5-6,9-12,18,25-29,38,44H,4,7-8,13-17H2,1H3,(H2,36,45)(H2,37,46)(H,40,48)(H,41,49)(H,42,47). The predicted molar refractivity (Wildman–Crippen MR) is 183 cm³/mol. The summed E-state index contributed by atoms with van der Waals surface area (Å²) in [5, 5.41) is 18.5. The molecular formula is C35H42N8O7. The third-order valence-corrected chi connectivity index (χ3v) is 9.08. The Morgan fingerprint density at radius 3 is 2.32 bits per heavy atom. The van der Waals surface area contributed by atoms with Crippen molar-refractivity contribution in [1.29, 1.82) is 0 Å². The minimum Gasteiger partial charge on any atom is -0.508 e. The molecule has 5 atom stereocenters. The lowest BCUT2D eigenvalue weighted by atomic mass is 10.0. The largest absolute Gasteiger partial charge is 0.508 e. The number of fused-ring (bicyclic) bond motifs is 1. The van der Waals surface area contributed by atoms with Crippen molar-refractivity contribution in [2.24, 2.45) is 16.5 Å². The molecule has 2 aliphatic rings. The van der Waals surface area contributed by atoms with Gasteiger partial charge in [0.2, 0.25) is 35.4 Å². The number of carbonyl (C=O) groups is 6. The van der Waals surface area contributed by atoms with Crippen molar-refractivity contribution < 1.29 is 33.9 Å². The number of aromatic amines is 1. The summed E-state index contributed by atoms with van der Waals surface area (Å²) in [6.45, 7) is 1.99. The monoisotopic (exact) mass is 686 g/mol. The maximum absolute atomic E-state index is 13.9. The van der Waals surface area contributed by atoms with Gasteiger partial charge in [-0.2, -0.15) is 0 Å². The highest BCUT2D eigenvalue weighted by Gasteiger charge is 2.40. The van der Waals surface area contributed by atoms with Crippen molar-refractivity contribution in [3.05, 3.63) is 65.9 Å². The SMILES string of the molecule is CC1=NC(C(=O)NC(CC(N)=O)C(=O)N2CCCC2C(=O)NC(Cc2c[nH]c3ccccc23)C(=O)NC(Cc2ccc(O)cc2)C(N)=O)CC1. The van der Waals surface area contributed by atoms with E-state index in [1.807, 2.05) is 31.2 Å². The van der Waals surface area contributed by atoms with Crippen LogP contribution in [0, 0.1) is 0 Å². The molecule has 5 unspecified atom stereocenters. The molecule has 2 aromatic carbocycles. The maximum Gasteiger partial charge on any atom is 0.246 e. The number of hydrogen-bond donors (Lipinski definition) is 7. The Balaban J connectivity index is 1.35. The molecule has 1 aromatic heterocycles. The molecule has 1 saturated heterocycles. The lowest BCUT2D eigenvalue weighted by Crippen LogP contribution is -2.59. The first-order valence-electron chi connectivity index (χ1n) is 16.5. The maximum atomic E-state index is 13.9. The number of nitrogens with zero attached hydrogens (tertiary/aromatic N) is 2. The van der Waals surface area contributed by atoms with Gasteiger partial charge in [0.05, 0.1) is 6.42 Å². The van der Waals surface area contributed by atoms with Gasteiger partial charge in [-0.05, 0) is 61.9 Å². The first-order chi connectivity index (χ1) is 23.9. The number of likely N-dealkylation sites (tertiary alicyclic amines) is 1. The van der Waals surface area contributed by atoms with Gasteiger partial charge in [0.25, 0.3) is 0 Å². The minimum atomic E-state index is -1.30. The van der Waals surface area contributed by atoms with Crippen LogP contribution in [-0.4, -0.2) is 92.9 Å². The number of benzene rings is 2. The van der Waals surface area contributed by atoms with Crippen LogP contribution in [0.1, 0.15) is 50.2 Å². The minimum absolute atomic E-state index is 0.0363. The van der Waals surface area contributed by atoms with Gasteiger partial charge in [0.1, 0.15) is 36.0 Å². The third kappa shape index (κ3) is 8.64. The van der Waals surface area contributed by atoms with Crippen molar-refractivity contribution >= 4 is 52.1 Å². The van der Waals surface area contributed by atoms with Gasteiger partial charge in [-0.25, -0.2) is 0 Å². The van der Waals surface area contributed by atoms with Crippen LogP contribution in [0.3, 0.4) is 0 Å². The molecule has 3 aromatic rings. The number of hydrogen-bond acceptors (Lipinski definition) is 8. The van der Waals surface area contributed by atoms with E-state index in [4.69, 9.17) is 11.5 Å². The number of nitrogens with two attached hydrogens (primary N) is 2. The normalized spacial score (nSPS) is 18.9. The van der Waals surface area contributed by atoms with E-state index in [0.29, 0.717) is 24.8 Å². The Kier molecular flexibility index (Phi) is 11.1. The summed E-state index contributed by atoms with van der Waals surface area (Å²) in [6.07, 6.45) is 3.20. The van der Waals surface area contributed by atoms with Gasteiger partial charge in [0, 0.05) is 42.2 Å². The smallest absolute Gasteiger partial charge is 0.246 e. The predicted octanol–water partition coefficient (Wildman–Crippen LogP) is 0.0881. The quantitative estimate of drug-likeness (QED) is 0.123. The molecule has 9 N–H and O–H groups in total. The van der Waals surface area contributed by atoms with E-state index in [0.717, 1.165) is 22.2 Å². The van der Waals surface area contributed by atoms with E-state index in [-0.39, 0.29) is 31.6 Å². The number of para-hydroxylation sites is 1. The number of amides is 6. The van der Waals surface area contributed by atoms with Crippen molar-refractivity contribution in [3.8, 4) is 5.75 Å². The average Bonchev–Trinajstić information content (AvgIpc) is 3.84. The molecule has 0 bridgehead atoms.